The smallest absolute Gasteiger partial charge is 0.338 e. The highest BCUT2D eigenvalue weighted by molar-refractivity contribution is 14.1. The molecule has 0 spiro atoms. The number of amides is 2. The molecule has 4 aromatic rings. The summed E-state index contributed by atoms with van der Waals surface area (Å²) in [4.78, 5) is 42.7. The summed E-state index contributed by atoms with van der Waals surface area (Å²) < 4.78 is 20.7. The molecule has 2 N–H and O–H groups in total. The summed E-state index contributed by atoms with van der Waals surface area (Å²) in [5.74, 6) is -2.69. The number of carbonyl (C=O) groups excluding carboxylic acids is 3. The van der Waals surface area contributed by atoms with E-state index in [-0.39, 0.29) is 26.0 Å². The van der Waals surface area contributed by atoms with Crippen LogP contribution >= 0.6 is 22.6 Å². The molecule has 1 saturated heterocycles. The third-order valence-corrected chi connectivity index (χ3v) is 9.43. The highest BCUT2D eigenvalue weighted by Crippen LogP contribution is 2.47. The Hall–Kier alpha value is -4.36. The second-order valence-corrected chi connectivity index (χ2v) is 13.2. The van der Waals surface area contributed by atoms with E-state index in [0.717, 1.165) is 20.3 Å². The lowest BCUT2D eigenvalue weighted by molar-refractivity contribution is -0.157. The lowest BCUT2D eigenvalue weighted by atomic mass is 9.90. The van der Waals surface area contributed by atoms with Crippen molar-refractivity contribution in [3.63, 3.8) is 0 Å². The van der Waals surface area contributed by atoms with Crippen LogP contribution in [0, 0.1) is 3.57 Å². The number of ether oxygens (including phenoxy) is 3. The van der Waals surface area contributed by atoms with E-state index in [1.165, 1.54) is 4.90 Å². The van der Waals surface area contributed by atoms with Gasteiger partial charge in [-0.3, -0.25) is 9.59 Å². The van der Waals surface area contributed by atoms with Gasteiger partial charge in [-0.15, -0.1) is 0 Å². The van der Waals surface area contributed by atoms with Crippen molar-refractivity contribution < 1.29 is 33.7 Å². The molecule has 4 atom stereocenters. The summed E-state index contributed by atoms with van der Waals surface area (Å²) >= 11 is 2.14. The Morgan fingerprint density at radius 2 is 1.55 bits per heavy atom. The van der Waals surface area contributed by atoms with Crippen molar-refractivity contribution in [1.82, 2.24) is 10.2 Å². The number of carbonyl (C=O) groups is 3. The molecular formula is C39H37IN2O7. The van der Waals surface area contributed by atoms with Crippen molar-refractivity contribution in [2.75, 3.05) is 20.2 Å². The maximum atomic E-state index is 14.3. The van der Waals surface area contributed by atoms with Gasteiger partial charge in [0.15, 0.2) is 0 Å². The van der Waals surface area contributed by atoms with Gasteiger partial charge in [-0.05, 0) is 52.4 Å². The van der Waals surface area contributed by atoms with Gasteiger partial charge in [0, 0.05) is 46.7 Å². The molecule has 49 heavy (non-hydrogen) atoms. The average molecular weight is 773 g/mol. The fraction of sp³-hybridized carbons (Fsp3) is 0.256. The minimum Gasteiger partial charge on any atom is -0.456 e. The Kier molecular flexibility index (Phi) is 10.9. The van der Waals surface area contributed by atoms with Crippen LogP contribution in [0.5, 0.6) is 0 Å². The van der Waals surface area contributed by atoms with Crippen molar-refractivity contribution in [3.05, 3.63) is 153 Å². The van der Waals surface area contributed by atoms with Crippen molar-refractivity contribution in [2.45, 2.75) is 43.0 Å². The number of aliphatic hydroxyl groups is 1. The Morgan fingerprint density at radius 3 is 2.16 bits per heavy atom. The molecule has 0 saturated carbocycles. The van der Waals surface area contributed by atoms with Crippen LogP contribution in [0.3, 0.4) is 0 Å². The third-order valence-electron chi connectivity index (χ3n) is 8.76. The van der Waals surface area contributed by atoms with E-state index in [0.29, 0.717) is 11.1 Å². The van der Waals surface area contributed by atoms with Crippen LogP contribution in [-0.2, 0) is 36.0 Å². The molecule has 0 aromatic heterocycles. The van der Waals surface area contributed by atoms with Gasteiger partial charge in [0.25, 0.3) is 0 Å². The van der Waals surface area contributed by atoms with Crippen LogP contribution in [0.4, 0.5) is 0 Å². The van der Waals surface area contributed by atoms with Gasteiger partial charge in [0.1, 0.15) is 24.4 Å². The number of benzene rings is 4. The summed E-state index contributed by atoms with van der Waals surface area (Å²) in [5, 5.41) is 12.1. The predicted molar refractivity (Wildman–Crippen MR) is 191 cm³/mol. The standard InChI is InChI=1S/C39H37IN2O7/c1-42(32(36(44)41-20-21-43)22-26-12-5-2-6-13-26)37(45)28-24-33(47-38(46)27-14-11-19-31(40)23-27)35-34(25-28)48-39(49-35,29-15-7-3-8-16-29)30-17-9-4-10-18-30/h2-19,23,25,32-35,43H,20-22,24H2,1H3,(H,41,44). The number of nitrogens with one attached hydrogen (secondary N) is 1. The molecule has 1 aliphatic carbocycles. The van der Waals surface area contributed by atoms with Crippen LogP contribution in [0.2, 0.25) is 0 Å². The zero-order valence-electron chi connectivity index (χ0n) is 26.9. The van der Waals surface area contributed by atoms with Gasteiger partial charge in [0.2, 0.25) is 17.6 Å². The second kappa shape index (κ2) is 15.5. The predicted octanol–water partition coefficient (Wildman–Crippen LogP) is 5.01. The Morgan fingerprint density at radius 1 is 0.918 bits per heavy atom. The van der Waals surface area contributed by atoms with E-state index in [2.05, 4.69) is 27.9 Å². The lowest BCUT2D eigenvalue weighted by Crippen LogP contribution is -2.51. The van der Waals surface area contributed by atoms with Gasteiger partial charge >= 0.3 is 5.97 Å². The minimum atomic E-state index is -1.34. The maximum Gasteiger partial charge on any atom is 0.338 e. The van der Waals surface area contributed by atoms with Gasteiger partial charge in [-0.1, -0.05) is 97.1 Å². The first-order chi connectivity index (χ1) is 23.8. The van der Waals surface area contributed by atoms with E-state index in [1.807, 2.05) is 97.1 Å². The third kappa shape index (κ3) is 7.62. The molecule has 252 valence electrons. The minimum absolute atomic E-state index is 0.0410. The monoisotopic (exact) mass is 772 g/mol. The molecular weight excluding hydrogens is 735 g/mol. The quantitative estimate of drug-likeness (QED) is 0.163. The second-order valence-electron chi connectivity index (χ2n) is 12.0. The summed E-state index contributed by atoms with van der Waals surface area (Å²) in [6, 6.07) is 34.7. The number of halogens is 1. The number of hydrogen-bond acceptors (Lipinski definition) is 7. The number of rotatable bonds is 11. The summed E-state index contributed by atoms with van der Waals surface area (Å²) in [6.07, 6.45) is -0.377. The first-order valence-electron chi connectivity index (χ1n) is 16.1. The van der Waals surface area contributed by atoms with E-state index < -0.39 is 47.9 Å². The highest BCUT2D eigenvalue weighted by atomic mass is 127. The summed E-state index contributed by atoms with van der Waals surface area (Å²) in [5.41, 5.74) is 3.08. The Bertz CT molecular complexity index is 1760. The topological polar surface area (TPSA) is 114 Å². The maximum absolute atomic E-state index is 14.3. The normalized spacial score (nSPS) is 20.0. The zero-order chi connectivity index (χ0) is 34.4. The molecule has 1 heterocycles. The molecule has 1 aliphatic heterocycles. The van der Waals surface area contributed by atoms with Crippen LogP contribution in [-0.4, -0.2) is 72.3 Å². The van der Waals surface area contributed by atoms with Gasteiger partial charge in [-0.25, -0.2) is 4.79 Å². The van der Waals surface area contributed by atoms with E-state index in [4.69, 9.17) is 14.2 Å². The van der Waals surface area contributed by atoms with E-state index in [9.17, 15) is 19.5 Å². The van der Waals surface area contributed by atoms with E-state index in [1.54, 1.807) is 31.3 Å². The highest BCUT2D eigenvalue weighted by Gasteiger charge is 2.55. The van der Waals surface area contributed by atoms with Crippen LogP contribution in [0.1, 0.15) is 33.5 Å². The molecule has 1 fully saturated rings. The van der Waals surface area contributed by atoms with Crippen LogP contribution in [0.25, 0.3) is 0 Å². The molecule has 0 bridgehead atoms. The fourth-order valence-corrected chi connectivity index (χ4v) is 6.85. The van der Waals surface area contributed by atoms with Gasteiger partial charge < -0.3 is 29.5 Å². The average Bonchev–Trinajstić information content (AvgIpc) is 3.55. The first kappa shape index (κ1) is 34.5. The van der Waals surface area contributed by atoms with Gasteiger partial charge in [0.05, 0.1) is 12.2 Å². The van der Waals surface area contributed by atoms with Crippen molar-refractivity contribution >= 4 is 40.4 Å². The number of likely N-dealkylation sites (N-methyl/N-ethyl adjacent to an activating group) is 1. The molecule has 4 aromatic carbocycles. The molecule has 2 aliphatic rings. The summed E-state index contributed by atoms with van der Waals surface area (Å²) in [6.45, 7) is -0.174. The van der Waals surface area contributed by atoms with Crippen LogP contribution < -0.4 is 5.32 Å². The lowest BCUT2D eigenvalue weighted by Gasteiger charge is -2.33. The molecule has 0 radical (unpaired) electrons. The SMILES string of the molecule is CN(C(=O)C1=CC2OC(c3ccccc3)(c3ccccc3)OC2C(OC(=O)c2cccc(I)c2)C1)C(Cc1ccccc1)C(=O)NCCO. The number of aliphatic hydroxyl groups excluding tert-OH is 1. The molecule has 9 nitrogen and oxygen atoms in total. The fourth-order valence-electron chi connectivity index (χ4n) is 6.31. The molecule has 4 unspecified atom stereocenters. The first-order valence-corrected chi connectivity index (χ1v) is 17.2. The van der Waals surface area contributed by atoms with E-state index >= 15 is 0 Å². The Labute approximate surface area is 299 Å². The molecule has 2 amide bonds. The largest absolute Gasteiger partial charge is 0.456 e. The molecule has 10 heteroatoms. The number of fused-ring (bicyclic) bond motifs is 1. The van der Waals surface area contributed by atoms with Crippen molar-refractivity contribution in [1.29, 1.82) is 0 Å². The number of hydrogen-bond donors (Lipinski definition) is 2. The van der Waals surface area contributed by atoms with Crippen LogP contribution in [0.15, 0.2) is 127 Å². The molecule has 6 rings (SSSR count). The van der Waals surface area contributed by atoms with Crippen molar-refractivity contribution in [2.24, 2.45) is 0 Å². The zero-order valence-corrected chi connectivity index (χ0v) is 29.1. The van der Waals surface area contributed by atoms with Gasteiger partial charge in [-0.2, -0.15) is 0 Å². The number of esters is 1. The summed E-state index contributed by atoms with van der Waals surface area (Å²) in [7, 11) is 1.58. The number of nitrogens with zero attached hydrogens (tertiary/aromatic N) is 1. The van der Waals surface area contributed by atoms with Crippen molar-refractivity contribution in [3.8, 4) is 0 Å². The Balaban J connectivity index is 1.37.